The molecular formula is C26H32FNO6S. The van der Waals surface area contributed by atoms with Crippen molar-refractivity contribution >= 4 is 21.7 Å². The lowest BCUT2D eigenvalue weighted by atomic mass is 9.96. The van der Waals surface area contributed by atoms with Crippen LogP contribution in [0.1, 0.15) is 54.6 Å². The molecule has 2 aromatic carbocycles. The van der Waals surface area contributed by atoms with Crippen LogP contribution in [-0.2, 0) is 32.3 Å². The molecule has 0 aliphatic carbocycles. The summed E-state index contributed by atoms with van der Waals surface area (Å²) >= 11 is 0. The van der Waals surface area contributed by atoms with E-state index in [9.17, 15) is 17.6 Å². The lowest BCUT2D eigenvalue weighted by molar-refractivity contribution is 0.0483. The number of esters is 1. The zero-order chi connectivity index (χ0) is 25.2. The molecule has 2 heterocycles. The molecule has 0 saturated carbocycles. The van der Waals surface area contributed by atoms with E-state index in [1.807, 2.05) is 6.92 Å². The van der Waals surface area contributed by atoms with E-state index in [4.69, 9.17) is 14.2 Å². The number of methoxy groups -OCH3 is 1. The third kappa shape index (κ3) is 5.16. The maximum atomic E-state index is 14.7. The molecule has 2 aliphatic rings. The minimum atomic E-state index is -4.09. The van der Waals surface area contributed by atoms with Crippen molar-refractivity contribution in [3.8, 4) is 5.75 Å². The van der Waals surface area contributed by atoms with Crippen molar-refractivity contribution in [1.29, 1.82) is 0 Å². The van der Waals surface area contributed by atoms with Gasteiger partial charge in [-0.1, -0.05) is 13.0 Å². The van der Waals surface area contributed by atoms with Crippen LogP contribution in [0.3, 0.4) is 0 Å². The molecule has 2 aliphatic heterocycles. The minimum absolute atomic E-state index is 0.0398. The first-order chi connectivity index (χ1) is 16.8. The number of carbonyl (C=O) groups excluding carboxylic acids is 1. The van der Waals surface area contributed by atoms with Crippen LogP contribution in [0.15, 0.2) is 35.2 Å². The Hall–Kier alpha value is -2.65. The standard InChI is InChI=1S/C26H32FNO6S/c1-4-19-13-20-6-5-17(2)28(24(20)15-23(19)27)35(30,31)21-7-8-25(22(14-21)26(29)32-3)34-16-18-9-11-33-12-10-18/h7-8,13-15,17-18H,4-6,9-12,16H2,1-3H3/t17-/m0/s1. The Bertz CT molecular complexity index is 1190. The van der Waals surface area contributed by atoms with E-state index in [-0.39, 0.29) is 22.3 Å². The van der Waals surface area contributed by atoms with Gasteiger partial charge in [0.2, 0.25) is 0 Å². The highest BCUT2D eigenvalue weighted by Gasteiger charge is 2.35. The van der Waals surface area contributed by atoms with Crippen LogP contribution in [0.2, 0.25) is 0 Å². The van der Waals surface area contributed by atoms with E-state index >= 15 is 0 Å². The molecule has 9 heteroatoms. The van der Waals surface area contributed by atoms with Gasteiger partial charge in [0.05, 0.1) is 24.3 Å². The maximum absolute atomic E-state index is 14.7. The highest BCUT2D eigenvalue weighted by Crippen LogP contribution is 2.38. The molecule has 4 rings (SSSR count). The fourth-order valence-corrected chi connectivity index (χ4v) is 6.46. The van der Waals surface area contributed by atoms with Gasteiger partial charge in [0.1, 0.15) is 17.1 Å². The molecule has 0 amide bonds. The number of halogens is 1. The van der Waals surface area contributed by atoms with Gasteiger partial charge in [-0.3, -0.25) is 4.31 Å². The lowest BCUT2D eigenvalue weighted by Crippen LogP contribution is -2.42. The molecule has 0 aromatic heterocycles. The molecule has 1 saturated heterocycles. The van der Waals surface area contributed by atoms with E-state index in [1.54, 1.807) is 13.0 Å². The molecule has 0 radical (unpaired) electrons. The van der Waals surface area contributed by atoms with E-state index in [0.29, 0.717) is 56.3 Å². The minimum Gasteiger partial charge on any atom is -0.492 e. The number of rotatable bonds is 7. The summed E-state index contributed by atoms with van der Waals surface area (Å²) in [4.78, 5) is 12.5. The highest BCUT2D eigenvalue weighted by atomic mass is 32.2. The molecule has 1 fully saturated rings. The van der Waals surface area contributed by atoms with Crippen molar-refractivity contribution in [1.82, 2.24) is 0 Å². The van der Waals surface area contributed by atoms with Gasteiger partial charge in [0.15, 0.2) is 0 Å². The number of ether oxygens (including phenoxy) is 3. The number of nitrogens with zero attached hydrogens (tertiary/aromatic N) is 1. The fourth-order valence-electron chi connectivity index (χ4n) is 4.72. The van der Waals surface area contributed by atoms with Gasteiger partial charge < -0.3 is 14.2 Å². The number of hydrogen-bond donors (Lipinski definition) is 0. The first-order valence-corrected chi connectivity index (χ1v) is 13.5. The Morgan fingerprint density at radius 2 is 1.91 bits per heavy atom. The van der Waals surface area contributed by atoms with E-state index in [0.717, 1.165) is 18.4 Å². The summed E-state index contributed by atoms with van der Waals surface area (Å²) in [6.45, 7) is 5.41. The van der Waals surface area contributed by atoms with Crippen LogP contribution in [0.5, 0.6) is 5.75 Å². The Morgan fingerprint density at radius 1 is 1.17 bits per heavy atom. The zero-order valence-corrected chi connectivity index (χ0v) is 21.2. The Morgan fingerprint density at radius 3 is 2.60 bits per heavy atom. The van der Waals surface area contributed by atoms with Crippen LogP contribution in [0.4, 0.5) is 10.1 Å². The Balaban J connectivity index is 1.69. The molecule has 35 heavy (non-hydrogen) atoms. The molecule has 1 atom stereocenters. The fraction of sp³-hybridized carbons (Fsp3) is 0.500. The Labute approximate surface area is 206 Å². The number of carbonyl (C=O) groups is 1. The summed E-state index contributed by atoms with van der Waals surface area (Å²) in [6, 6.07) is 6.91. The van der Waals surface area contributed by atoms with Gasteiger partial charge in [0.25, 0.3) is 10.0 Å². The molecule has 190 valence electrons. The number of hydrogen-bond acceptors (Lipinski definition) is 6. The SMILES string of the molecule is CCc1cc2c(cc1F)N(S(=O)(=O)c1ccc(OCC3CCOCC3)c(C(=O)OC)c1)[C@@H](C)CC2. The zero-order valence-electron chi connectivity index (χ0n) is 20.4. The first kappa shape index (κ1) is 25.4. The number of sulfonamides is 1. The molecule has 7 nitrogen and oxygen atoms in total. The van der Waals surface area contributed by atoms with Crippen LogP contribution >= 0.6 is 0 Å². The summed E-state index contributed by atoms with van der Waals surface area (Å²) in [5, 5.41) is 0. The number of benzene rings is 2. The quantitative estimate of drug-likeness (QED) is 0.515. The van der Waals surface area contributed by atoms with Crippen molar-refractivity contribution in [2.24, 2.45) is 5.92 Å². The molecule has 0 unspecified atom stereocenters. The van der Waals surface area contributed by atoms with Gasteiger partial charge in [-0.05, 0) is 80.3 Å². The highest BCUT2D eigenvalue weighted by molar-refractivity contribution is 7.92. The first-order valence-electron chi connectivity index (χ1n) is 12.0. The van der Waals surface area contributed by atoms with Crippen LogP contribution in [0.25, 0.3) is 0 Å². The average molecular weight is 506 g/mol. The van der Waals surface area contributed by atoms with Gasteiger partial charge in [-0.15, -0.1) is 0 Å². The summed E-state index contributed by atoms with van der Waals surface area (Å²) < 4.78 is 59.7. The van der Waals surface area contributed by atoms with Gasteiger partial charge >= 0.3 is 5.97 Å². The molecule has 0 bridgehead atoms. The summed E-state index contributed by atoms with van der Waals surface area (Å²) in [6.07, 6.45) is 3.53. The second-order valence-corrected chi connectivity index (χ2v) is 10.9. The maximum Gasteiger partial charge on any atom is 0.341 e. The Kier molecular flexibility index (Phi) is 7.66. The lowest BCUT2D eigenvalue weighted by Gasteiger charge is -2.36. The van der Waals surface area contributed by atoms with E-state index in [1.165, 1.54) is 35.7 Å². The predicted molar refractivity (Wildman–Crippen MR) is 130 cm³/mol. The summed E-state index contributed by atoms with van der Waals surface area (Å²) in [5.74, 6) is -0.540. The molecule has 2 aromatic rings. The second kappa shape index (κ2) is 10.5. The van der Waals surface area contributed by atoms with Crippen LogP contribution < -0.4 is 9.04 Å². The monoisotopic (exact) mass is 505 g/mol. The molecule has 0 spiro atoms. The van der Waals surface area contributed by atoms with Gasteiger partial charge in [0, 0.05) is 19.3 Å². The second-order valence-electron chi connectivity index (χ2n) is 9.13. The number of anilines is 1. The average Bonchev–Trinajstić information content (AvgIpc) is 2.86. The topological polar surface area (TPSA) is 82.1 Å². The third-order valence-corrected chi connectivity index (χ3v) is 8.75. The largest absolute Gasteiger partial charge is 0.492 e. The number of aryl methyl sites for hydroxylation is 2. The smallest absolute Gasteiger partial charge is 0.341 e. The van der Waals surface area contributed by atoms with Crippen LogP contribution in [-0.4, -0.2) is 47.4 Å². The molecule has 0 N–H and O–H groups in total. The van der Waals surface area contributed by atoms with Crippen LogP contribution in [0, 0.1) is 11.7 Å². The van der Waals surface area contributed by atoms with E-state index in [2.05, 4.69) is 0 Å². The third-order valence-electron chi connectivity index (χ3n) is 6.83. The normalized spacial score (nSPS) is 18.7. The van der Waals surface area contributed by atoms with Gasteiger partial charge in [-0.2, -0.15) is 0 Å². The van der Waals surface area contributed by atoms with Gasteiger partial charge in [-0.25, -0.2) is 17.6 Å². The van der Waals surface area contributed by atoms with Crippen molar-refractivity contribution in [3.05, 3.63) is 52.8 Å². The summed E-state index contributed by atoms with van der Waals surface area (Å²) in [5.41, 5.74) is 1.75. The van der Waals surface area contributed by atoms with Crippen molar-refractivity contribution in [2.45, 2.75) is 56.9 Å². The molecular weight excluding hydrogens is 473 g/mol. The van der Waals surface area contributed by atoms with E-state index < -0.39 is 21.8 Å². The van der Waals surface area contributed by atoms with Crippen molar-refractivity contribution in [2.75, 3.05) is 31.2 Å². The number of fused-ring (bicyclic) bond motifs is 1. The predicted octanol–water partition coefficient (Wildman–Crippen LogP) is 4.51. The van der Waals surface area contributed by atoms with Crippen molar-refractivity contribution < 1.29 is 31.8 Å². The van der Waals surface area contributed by atoms with Crippen molar-refractivity contribution in [3.63, 3.8) is 0 Å². The summed E-state index contributed by atoms with van der Waals surface area (Å²) in [7, 11) is -2.85.